The second kappa shape index (κ2) is 7.89. The van der Waals surface area contributed by atoms with E-state index in [2.05, 4.69) is 10.0 Å². The molecule has 0 aliphatic carbocycles. The summed E-state index contributed by atoms with van der Waals surface area (Å²) in [6, 6.07) is 12.7. The van der Waals surface area contributed by atoms with Gasteiger partial charge in [-0.3, -0.25) is 9.59 Å². The molecule has 1 aliphatic rings. The number of carbonyl (C=O) groups excluding carboxylic acids is 2. The maximum atomic E-state index is 12.9. The zero-order valence-corrected chi connectivity index (χ0v) is 15.6. The minimum atomic E-state index is -3.88. The van der Waals surface area contributed by atoms with Crippen molar-refractivity contribution in [1.82, 2.24) is 4.72 Å². The van der Waals surface area contributed by atoms with Crippen LogP contribution in [0, 0.1) is 0 Å². The highest BCUT2D eigenvalue weighted by molar-refractivity contribution is 7.89. The molecule has 2 aromatic rings. The highest BCUT2D eigenvalue weighted by atomic mass is 32.2. The SMILES string of the molecule is COC(=O)C[C@H](NS(=O)(=O)c1ccc2c(c1)CCC(=O)N2)c1ccccc1. The fourth-order valence-electron chi connectivity index (χ4n) is 2.95. The van der Waals surface area contributed by atoms with Gasteiger partial charge >= 0.3 is 5.97 Å². The average molecular weight is 388 g/mol. The van der Waals surface area contributed by atoms with E-state index >= 15 is 0 Å². The molecule has 142 valence electrons. The topological polar surface area (TPSA) is 102 Å². The molecule has 27 heavy (non-hydrogen) atoms. The summed E-state index contributed by atoms with van der Waals surface area (Å²) in [7, 11) is -2.62. The number of rotatable bonds is 6. The van der Waals surface area contributed by atoms with E-state index in [9.17, 15) is 18.0 Å². The molecule has 8 heteroatoms. The van der Waals surface area contributed by atoms with Crippen molar-refractivity contribution in [3.63, 3.8) is 0 Å². The van der Waals surface area contributed by atoms with Crippen molar-refractivity contribution in [2.45, 2.75) is 30.2 Å². The van der Waals surface area contributed by atoms with Crippen LogP contribution < -0.4 is 10.0 Å². The van der Waals surface area contributed by atoms with Crippen LogP contribution in [0.15, 0.2) is 53.4 Å². The molecule has 1 amide bonds. The van der Waals surface area contributed by atoms with Crippen LogP contribution in [0.5, 0.6) is 0 Å². The molecule has 0 spiro atoms. The van der Waals surface area contributed by atoms with Crippen molar-refractivity contribution in [1.29, 1.82) is 0 Å². The van der Waals surface area contributed by atoms with Crippen molar-refractivity contribution >= 4 is 27.6 Å². The first-order valence-electron chi connectivity index (χ1n) is 8.46. The van der Waals surface area contributed by atoms with Gasteiger partial charge in [0.15, 0.2) is 0 Å². The third-order valence-electron chi connectivity index (χ3n) is 4.38. The van der Waals surface area contributed by atoms with Crippen LogP contribution in [0.3, 0.4) is 0 Å². The number of carbonyl (C=O) groups is 2. The van der Waals surface area contributed by atoms with Gasteiger partial charge in [-0.25, -0.2) is 13.1 Å². The first kappa shape index (κ1) is 19.1. The molecule has 0 fully saturated rings. The van der Waals surface area contributed by atoms with E-state index in [1.54, 1.807) is 36.4 Å². The Bertz CT molecular complexity index is 957. The molecule has 1 aliphatic heterocycles. The highest BCUT2D eigenvalue weighted by Gasteiger charge is 2.25. The molecular weight excluding hydrogens is 368 g/mol. The van der Waals surface area contributed by atoms with Gasteiger partial charge in [0.2, 0.25) is 15.9 Å². The lowest BCUT2D eigenvalue weighted by molar-refractivity contribution is -0.141. The number of methoxy groups -OCH3 is 1. The fraction of sp³-hybridized carbons (Fsp3) is 0.263. The first-order chi connectivity index (χ1) is 12.9. The zero-order valence-electron chi connectivity index (χ0n) is 14.8. The Labute approximate surface area is 157 Å². The van der Waals surface area contributed by atoms with Crippen molar-refractivity contribution in [3.8, 4) is 0 Å². The second-order valence-electron chi connectivity index (χ2n) is 6.23. The number of anilines is 1. The van der Waals surface area contributed by atoms with E-state index in [4.69, 9.17) is 4.74 Å². The van der Waals surface area contributed by atoms with Gasteiger partial charge in [-0.1, -0.05) is 30.3 Å². The minimum Gasteiger partial charge on any atom is -0.469 e. The first-order valence-corrected chi connectivity index (χ1v) is 9.94. The molecule has 0 saturated carbocycles. The van der Waals surface area contributed by atoms with Gasteiger partial charge in [0.05, 0.1) is 24.5 Å². The summed E-state index contributed by atoms with van der Waals surface area (Å²) in [5.74, 6) is -0.599. The molecular formula is C19H20N2O5S. The summed E-state index contributed by atoms with van der Waals surface area (Å²) < 4.78 is 33.1. The summed E-state index contributed by atoms with van der Waals surface area (Å²) in [5, 5.41) is 2.72. The van der Waals surface area contributed by atoms with Crippen LogP contribution >= 0.6 is 0 Å². The normalized spacial score (nSPS) is 14.8. The number of hydrogen-bond donors (Lipinski definition) is 2. The lowest BCUT2D eigenvalue weighted by Crippen LogP contribution is -2.31. The minimum absolute atomic E-state index is 0.0848. The van der Waals surface area contributed by atoms with Gasteiger partial charge in [-0.05, 0) is 35.7 Å². The summed E-state index contributed by atoms with van der Waals surface area (Å²) in [6.45, 7) is 0. The molecule has 7 nitrogen and oxygen atoms in total. The molecule has 0 bridgehead atoms. The molecule has 3 rings (SSSR count). The Kier molecular flexibility index (Phi) is 5.57. The molecule has 1 atom stereocenters. The fourth-order valence-corrected chi connectivity index (χ4v) is 4.22. The third-order valence-corrected chi connectivity index (χ3v) is 5.85. The van der Waals surface area contributed by atoms with Crippen molar-refractivity contribution < 1.29 is 22.7 Å². The number of esters is 1. The summed E-state index contributed by atoms with van der Waals surface area (Å²) in [4.78, 5) is 23.3. The van der Waals surface area contributed by atoms with E-state index in [0.29, 0.717) is 24.1 Å². The maximum Gasteiger partial charge on any atom is 0.307 e. The van der Waals surface area contributed by atoms with Gasteiger partial charge in [-0.15, -0.1) is 0 Å². The zero-order chi connectivity index (χ0) is 19.4. The lowest BCUT2D eigenvalue weighted by atomic mass is 10.0. The van der Waals surface area contributed by atoms with Crippen LogP contribution in [0.25, 0.3) is 0 Å². The Balaban J connectivity index is 1.88. The highest BCUT2D eigenvalue weighted by Crippen LogP contribution is 2.27. The standard InChI is InChI=1S/C19H20N2O5S/c1-26-19(23)12-17(13-5-3-2-4-6-13)21-27(24,25)15-8-9-16-14(11-15)7-10-18(22)20-16/h2-6,8-9,11,17,21H,7,10,12H2,1H3,(H,20,22)/t17-/m0/s1. The molecule has 0 aromatic heterocycles. The van der Waals surface area contributed by atoms with E-state index in [-0.39, 0.29) is 17.2 Å². The number of aryl methyl sites for hydroxylation is 1. The summed E-state index contributed by atoms with van der Waals surface area (Å²) in [6.07, 6.45) is 0.675. The smallest absolute Gasteiger partial charge is 0.307 e. The van der Waals surface area contributed by atoms with E-state index in [1.165, 1.54) is 13.2 Å². The van der Waals surface area contributed by atoms with Crippen LogP contribution in [-0.4, -0.2) is 27.4 Å². The van der Waals surface area contributed by atoms with Gasteiger partial charge in [-0.2, -0.15) is 0 Å². The van der Waals surface area contributed by atoms with Crippen LogP contribution in [-0.2, 0) is 30.8 Å². The summed E-state index contributed by atoms with van der Waals surface area (Å²) >= 11 is 0. The van der Waals surface area contributed by atoms with E-state index < -0.39 is 22.0 Å². The number of benzene rings is 2. The monoisotopic (exact) mass is 388 g/mol. The third kappa shape index (κ3) is 4.53. The largest absolute Gasteiger partial charge is 0.469 e. The van der Waals surface area contributed by atoms with Crippen molar-refractivity contribution in [2.24, 2.45) is 0 Å². The number of fused-ring (bicyclic) bond motifs is 1. The van der Waals surface area contributed by atoms with Crippen LogP contribution in [0.1, 0.15) is 30.0 Å². The van der Waals surface area contributed by atoms with Gasteiger partial charge in [0, 0.05) is 12.1 Å². The van der Waals surface area contributed by atoms with E-state index in [1.807, 2.05) is 6.07 Å². The summed E-state index contributed by atoms with van der Waals surface area (Å²) in [5.41, 5.74) is 2.05. The van der Waals surface area contributed by atoms with Crippen molar-refractivity contribution in [2.75, 3.05) is 12.4 Å². The second-order valence-corrected chi connectivity index (χ2v) is 7.95. The van der Waals surface area contributed by atoms with Crippen LogP contribution in [0.4, 0.5) is 5.69 Å². The van der Waals surface area contributed by atoms with Gasteiger partial charge < -0.3 is 10.1 Å². The Morgan fingerprint density at radius 1 is 1.19 bits per heavy atom. The van der Waals surface area contributed by atoms with E-state index in [0.717, 1.165) is 5.56 Å². The number of hydrogen-bond acceptors (Lipinski definition) is 5. The Morgan fingerprint density at radius 3 is 2.63 bits per heavy atom. The number of ether oxygens (including phenoxy) is 1. The molecule has 2 aromatic carbocycles. The number of amides is 1. The molecule has 1 heterocycles. The molecule has 0 saturated heterocycles. The van der Waals surface area contributed by atoms with Gasteiger partial charge in [0.1, 0.15) is 0 Å². The van der Waals surface area contributed by atoms with Crippen molar-refractivity contribution in [3.05, 3.63) is 59.7 Å². The lowest BCUT2D eigenvalue weighted by Gasteiger charge is -2.20. The maximum absolute atomic E-state index is 12.9. The predicted molar refractivity (Wildman–Crippen MR) is 99.5 cm³/mol. The number of nitrogens with one attached hydrogen (secondary N) is 2. The quantitative estimate of drug-likeness (QED) is 0.739. The number of sulfonamides is 1. The molecule has 0 radical (unpaired) electrons. The Morgan fingerprint density at radius 2 is 1.93 bits per heavy atom. The van der Waals surface area contributed by atoms with Gasteiger partial charge in [0.25, 0.3) is 0 Å². The Hall–Kier alpha value is -2.71. The predicted octanol–water partition coefficient (Wildman–Crippen LogP) is 2.15. The molecule has 2 N–H and O–H groups in total. The van der Waals surface area contributed by atoms with Crippen LogP contribution in [0.2, 0.25) is 0 Å². The molecule has 0 unspecified atom stereocenters. The average Bonchev–Trinajstić information content (AvgIpc) is 2.67.